The molecule has 2 atom stereocenters. The predicted molar refractivity (Wildman–Crippen MR) is 144 cm³/mol. The van der Waals surface area contributed by atoms with Crippen molar-refractivity contribution in [2.75, 3.05) is 11.9 Å². The van der Waals surface area contributed by atoms with Gasteiger partial charge in [-0.2, -0.15) is 13.2 Å². The molecule has 2 rings (SSSR count). The number of anilines is 1. The van der Waals surface area contributed by atoms with Crippen LogP contribution in [0.2, 0.25) is 0 Å². The van der Waals surface area contributed by atoms with Crippen LogP contribution in [0.3, 0.4) is 0 Å². The first-order chi connectivity index (χ1) is 18.8. The molecule has 2 N–H and O–H groups in total. The second-order valence-electron chi connectivity index (χ2n) is 10.5. The molecule has 2 unspecified atom stereocenters. The van der Waals surface area contributed by atoms with Gasteiger partial charge in [-0.15, -0.1) is 0 Å². The fourth-order valence-electron chi connectivity index (χ4n) is 3.85. The van der Waals surface area contributed by atoms with Gasteiger partial charge in [0, 0.05) is 11.3 Å². The van der Waals surface area contributed by atoms with E-state index in [0.29, 0.717) is 19.3 Å². The fourth-order valence-corrected chi connectivity index (χ4v) is 3.85. The number of unbranched alkanes of at least 4 members (excludes halogenated alkanes) is 1. The number of benzene rings is 2. The van der Waals surface area contributed by atoms with Crippen LogP contribution >= 0.6 is 0 Å². The summed E-state index contributed by atoms with van der Waals surface area (Å²) < 4.78 is 37.6. The van der Waals surface area contributed by atoms with Crippen LogP contribution in [0, 0.1) is 11.3 Å². The van der Waals surface area contributed by atoms with Gasteiger partial charge < -0.3 is 10.6 Å². The summed E-state index contributed by atoms with van der Waals surface area (Å²) in [6, 6.07) is 13.2. The lowest BCUT2D eigenvalue weighted by Gasteiger charge is -2.32. The minimum Gasteiger partial charge on any atom is -0.345 e. The van der Waals surface area contributed by atoms with Gasteiger partial charge in [-0.25, -0.2) is 5.06 Å². The Labute approximate surface area is 232 Å². The molecule has 11 heteroatoms. The lowest BCUT2D eigenvalue weighted by atomic mass is 9.81. The van der Waals surface area contributed by atoms with Crippen LogP contribution in [-0.2, 0) is 25.8 Å². The molecule has 3 amide bonds. The van der Waals surface area contributed by atoms with Gasteiger partial charge in [-0.1, -0.05) is 70.9 Å². The Bertz CT molecular complexity index is 1130. The number of nitrogens with one attached hydrogen (secondary N) is 2. The highest BCUT2D eigenvalue weighted by atomic mass is 19.4. The third kappa shape index (κ3) is 10.1. The number of hydrogen-bond acceptors (Lipinski definition) is 5. The summed E-state index contributed by atoms with van der Waals surface area (Å²) in [7, 11) is 0. The van der Waals surface area contributed by atoms with Crippen LogP contribution in [0.15, 0.2) is 54.6 Å². The van der Waals surface area contributed by atoms with Crippen molar-refractivity contribution in [3.63, 3.8) is 0 Å². The first-order valence-corrected chi connectivity index (χ1v) is 13.0. The first-order valence-electron chi connectivity index (χ1n) is 13.0. The van der Waals surface area contributed by atoms with Crippen molar-refractivity contribution in [3.05, 3.63) is 65.7 Å². The SMILES string of the molecule is CCCCC(CN(C=O)OCc1ccccc1)C(=O)NC(C(=O)c1ccc(NC(=O)C(F)(F)F)cc1)C(C)(C)C. The van der Waals surface area contributed by atoms with Crippen LogP contribution in [0.1, 0.15) is 62.9 Å². The zero-order valence-corrected chi connectivity index (χ0v) is 23.1. The highest BCUT2D eigenvalue weighted by Gasteiger charge is 2.39. The summed E-state index contributed by atoms with van der Waals surface area (Å²) in [6.45, 7) is 7.42. The Morgan fingerprint density at radius 3 is 2.15 bits per heavy atom. The van der Waals surface area contributed by atoms with E-state index in [9.17, 15) is 32.3 Å². The molecule has 0 saturated heterocycles. The maximum absolute atomic E-state index is 13.4. The molecular weight excluding hydrogens is 527 g/mol. The van der Waals surface area contributed by atoms with Gasteiger partial charge in [0.2, 0.25) is 12.3 Å². The third-order valence-electron chi connectivity index (χ3n) is 6.13. The number of carbonyl (C=O) groups excluding carboxylic acids is 4. The number of carbonyl (C=O) groups is 4. The average molecular weight is 564 g/mol. The molecule has 0 aromatic heterocycles. The Morgan fingerprint density at radius 1 is 1.00 bits per heavy atom. The summed E-state index contributed by atoms with van der Waals surface area (Å²) in [4.78, 5) is 55.3. The summed E-state index contributed by atoms with van der Waals surface area (Å²) >= 11 is 0. The van der Waals surface area contributed by atoms with E-state index in [4.69, 9.17) is 4.84 Å². The Morgan fingerprint density at radius 2 is 1.62 bits per heavy atom. The smallest absolute Gasteiger partial charge is 0.345 e. The summed E-state index contributed by atoms with van der Waals surface area (Å²) in [5.41, 5.74) is 0.154. The molecule has 0 spiro atoms. The predicted octanol–water partition coefficient (Wildman–Crippen LogP) is 5.30. The number of alkyl halides is 3. The number of nitrogens with zero attached hydrogens (tertiary/aromatic N) is 1. The van der Waals surface area contributed by atoms with Crippen LogP contribution in [0.25, 0.3) is 0 Å². The molecule has 2 aromatic carbocycles. The number of hydroxylamine groups is 2. The standard InChI is InChI=1S/C29H36F3N3O5/c1-5-6-12-22(17-35(19-36)40-18-20-10-8-7-9-11-20)26(38)34-25(28(2,3)4)24(37)21-13-15-23(16-14-21)33-27(39)29(30,31)32/h7-11,13-16,19,22,25H,5-6,12,17-18H2,1-4H3,(H,33,39)(H,34,38). The normalized spacial score (nSPS) is 13.2. The van der Waals surface area contributed by atoms with Gasteiger partial charge in [0.15, 0.2) is 5.78 Å². The van der Waals surface area contributed by atoms with Gasteiger partial charge in [-0.05, 0) is 41.7 Å². The van der Waals surface area contributed by atoms with Crippen LogP contribution in [-0.4, -0.2) is 47.8 Å². The Balaban J connectivity index is 2.16. The number of amides is 3. The molecule has 40 heavy (non-hydrogen) atoms. The molecule has 0 fully saturated rings. The van der Waals surface area contributed by atoms with Crippen molar-refractivity contribution < 1.29 is 37.2 Å². The summed E-state index contributed by atoms with van der Waals surface area (Å²) in [5.74, 6) is -3.65. The molecular formula is C29H36F3N3O5. The van der Waals surface area contributed by atoms with E-state index in [2.05, 4.69) is 5.32 Å². The van der Waals surface area contributed by atoms with E-state index in [1.54, 1.807) is 26.1 Å². The van der Waals surface area contributed by atoms with Gasteiger partial charge in [0.25, 0.3) is 0 Å². The molecule has 2 aromatic rings. The molecule has 0 aliphatic heterocycles. The largest absolute Gasteiger partial charge is 0.471 e. The third-order valence-corrected chi connectivity index (χ3v) is 6.13. The second kappa shape index (κ2) is 14.6. The van der Waals surface area contributed by atoms with Gasteiger partial charge in [0.1, 0.15) is 6.61 Å². The number of ketones is 1. The minimum absolute atomic E-state index is 0.0131. The van der Waals surface area contributed by atoms with Crippen molar-refractivity contribution in [2.24, 2.45) is 11.3 Å². The van der Waals surface area contributed by atoms with Crippen molar-refractivity contribution in [1.29, 1.82) is 0 Å². The molecule has 218 valence electrons. The molecule has 0 heterocycles. The minimum atomic E-state index is -5.05. The first kappa shape index (κ1) is 32.5. The Hall–Kier alpha value is -3.73. The van der Waals surface area contributed by atoms with Crippen LogP contribution in [0.4, 0.5) is 18.9 Å². The van der Waals surface area contributed by atoms with Crippen molar-refractivity contribution >= 4 is 29.7 Å². The second-order valence-corrected chi connectivity index (χ2v) is 10.5. The molecule has 0 aliphatic rings. The zero-order chi connectivity index (χ0) is 29.9. The highest BCUT2D eigenvalue weighted by Crippen LogP contribution is 2.25. The van der Waals surface area contributed by atoms with Gasteiger partial charge in [-0.3, -0.25) is 24.0 Å². The molecule has 8 nitrogen and oxygen atoms in total. The quantitative estimate of drug-likeness (QED) is 0.185. The number of rotatable bonds is 14. The van der Waals surface area contributed by atoms with E-state index in [-0.39, 0.29) is 24.4 Å². The lowest BCUT2D eigenvalue weighted by Crippen LogP contribution is -2.52. The highest BCUT2D eigenvalue weighted by molar-refractivity contribution is 6.03. The monoisotopic (exact) mass is 563 g/mol. The lowest BCUT2D eigenvalue weighted by molar-refractivity contribution is -0.182. The van der Waals surface area contributed by atoms with E-state index in [0.717, 1.165) is 17.0 Å². The van der Waals surface area contributed by atoms with E-state index < -0.39 is 41.1 Å². The van der Waals surface area contributed by atoms with E-state index in [1.165, 1.54) is 24.3 Å². The average Bonchev–Trinajstić information content (AvgIpc) is 2.90. The van der Waals surface area contributed by atoms with Crippen LogP contribution in [0.5, 0.6) is 0 Å². The number of hydrogen-bond donors (Lipinski definition) is 2. The summed E-state index contributed by atoms with van der Waals surface area (Å²) in [5, 5.41) is 5.64. The number of Topliss-reactive ketones (excluding diaryl/α,β-unsaturated/α-hetero) is 1. The van der Waals surface area contributed by atoms with Crippen molar-refractivity contribution in [3.8, 4) is 0 Å². The topological polar surface area (TPSA) is 105 Å². The Kier molecular flexibility index (Phi) is 11.9. The maximum Gasteiger partial charge on any atom is 0.471 e. The van der Waals surface area contributed by atoms with Crippen LogP contribution < -0.4 is 10.6 Å². The van der Waals surface area contributed by atoms with Gasteiger partial charge in [0.05, 0.1) is 18.5 Å². The molecule has 0 saturated carbocycles. The van der Waals surface area contributed by atoms with Gasteiger partial charge >= 0.3 is 12.1 Å². The summed E-state index contributed by atoms with van der Waals surface area (Å²) in [6.07, 6.45) is -2.55. The maximum atomic E-state index is 13.4. The van der Waals surface area contributed by atoms with E-state index >= 15 is 0 Å². The fraction of sp³-hybridized carbons (Fsp3) is 0.448. The molecule has 0 aliphatic carbocycles. The van der Waals surface area contributed by atoms with Crippen molar-refractivity contribution in [1.82, 2.24) is 10.4 Å². The molecule has 0 radical (unpaired) electrons. The number of halogens is 3. The van der Waals surface area contributed by atoms with E-state index in [1.807, 2.05) is 37.3 Å². The van der Waals surface area contributed by atoms with Crippen molar-refractivity contribution in [2.45, 2.75) is 65.8 Å². The zero-order valence-electron chi connectivity index (χ0n) is 23.1. The molecule has 0 bridgehead atoms.